The molecule has 0 amide bonds. The van der Waals surface area contributed by atoms with Crippen molar-refractivity contribution in [1.29, 1.82) is 0 Å². The molecule has 0 aliphatic rings. The SMILES string of the molecule is Nc1ccc2nc3ccccc3[n+](-c3ccccc3)c2c1. The molecular weight excluding hydrogens is 258 g/mol. The van der Waals surface area contributed by atoms with Gasteiger partial charge in [-0.3, -0.25) is 0 Å². The van der Waals surface area contributed by atoms with Gasteiger partial charge in [-0.05, 0) is 18.2 Å². The van der Waals surface area contributed by atoms with E-state index in [0.29, 0.717) is 0 Å². The Morgan fingerprint density at radius 3 is 2.29 bits per heavy atom. The normalized spacial score (nSPS) is 11.0. The van der Waals surface area contributed by atoms with Crippen molar-refractivity contribution >= 4 is 27.8 Å². The van der Waals surface area contributed by atoms with Gasteiger partial charge in [0.05, 0.1) is 0 Å². The lowest BCUT2D eigenvalue weighted by molar-refractivity contribution is -0.538. The third kappa shape index (κ3) is 1.91. The molecule has 2 N–H and O–H groups in total. The maximum absolute atomic E-state index is 5.97. The van der Waals surface area contributed by atoms with Gasteiger partial charge in [0.25, 0.3) is 0 Å². The minimum absolute atomic E-state index is 0.740. The molecule has 0 aliphatic heterocycles. The van der Waals surface area contributed by atoms with Gasteiger partial charge in [0.15, 0.2) is 0 Å². The fourth-order valence-electron chi connectivity index (χ4n) is 2.68. The lowest BCUT2D eigenvalue weighted by atomic mass is 10.2. The van der Waals surface area contributed by atoms with Crippen LogP contribution in [0.5, 0.6) is 0 Å². The largest absolute Gasteiger partial charge is 0.399 e. The van der Waals surface area contributed by atoms with Crippen molar-refractivity contribution < 1.29 is 4.57 Å². The van der Waals surface area contributed by atoms with Gasteiger partial charge in [0.2, 0.25) is 16.7 Å². The smallest absolute Gasteiger partial charge is 0.239 e. The van der Waals surface area contributed by atoms with Crippen molar-refractivity contribution in [1.82, 2.24) is 4.98 Å². The fourth-order valence-corrected chi connectivity index (χ4v) is 2.68. The predicted molar refractivity (Wildman–Crippen MR) is 85.2 cm³/mol. The first kappa shape index (κ1) is 11.9. The van der Waals surface area contributed by atoms with E-state index in [1.165, 1.54) is 0 Å². The molecule has 4 rings (SSSR count). The van der Waals surface area contributed by atoms with E-state index in [-0.39, 0.29) is 0 Å². The minimum Gasteiger partial charge on any atom is -0.399 e. The van der Waals surface area contributed by atoms with Crippen LogP contribution >= 0.6 is 0 Å². The van der Waals surface area contributed by atoms with E-state index in [0.717, 1.165) is 33.4 Å². The lowest BCUT2D eigenvalue weighted by Crippen LogP contribution is -2.33. The summed E-state index contributed by atoms with van der Waals surface area (Å²) in [6, 6.07) is 24.3. The van der Waals surface area contributed by atoms with E-state index >= 15 is 0 Å². The highest BCUT2D eigenvalue weighted by molar-refractivity contribution is 5.83. The zero-order chi connectivity index (χ0) is 14.2. The number of para-hydroxylation sites is 3. The highest BCUT2D eigenvalue weighted by Crippen LogP contribution is 2.19. The van der Waals surface area contributed by atoms with E-state index in [9.17, 15) is 0 Å². The quantitative estimate of drug-likeness (QED) is 0.328. The summed E-state index contributed by atoms with van der Waals surface area (Å²) in [6.45, 7) is 0. The van der Waals surface area contributed by atoms with Crippen molar-refractivity contribution in [2.75, 3.05) is 5.73 Å². The number of aromatic nitrogens is 2. The number of hydrogen-bond donors (Lipinski definition) is 1. The summed E-state index contributed by atoms with van der Waals surface area (Å²) in [5.41, 5.74) is 11.8. The van der Waals surface area contributed by atoms with Crippen LogP contribution < -0.4 is 10.3 Å². The molecule has 21 heavy (non-hydrogen) atoms. The Kier molecular flexibility index (Phi) is 2.57. The Balaban J connectivity index is 2.24. The number of hydrogen-bond acceptors (Lipinski definition) is 2. The number of anilines is 1. The average Bonchev–Trinajstić information content (AvgIpc) is 2.53. The molecule has 3 heteroatoms. The maximum atomic E-state index is 5.97. The van der Waals surface area contributed by atoms with Gasteiger partial charge in [-0.2, -0.15) is 0 Å². The van der Waals surface area contributed by atoms with Crippen LogP contribution in [0.3, 0.4) is 0 Å². The molecule has 0 radical (unpaired) electrons. The third-order valence-electron chi connectivity index (χ3n) is 3.62. The lowest BCUT2D eigenvalue weighted by Gasteiger charge is -2.05. The zero-order valence-electron chi connectivity index (χ0n) is 11.4. The first-order chi connectivity index (χ1) is 10.3. The van der Waals surface area contributed by atoms with Crippen molar-refractivity contribution in [3.8, 4) is 5.69 Å². The van der Waals surface area contributed by atoms with E-state index in [1.54, 1.807) is 0 Å². The molecule has 1 heterocycles. The number of fused-ring (bicyclic) bond motifs is 2. The molecule has 0 unspecified atom stereocenters. The van der Waals surface area contributed by atoms with Gasteiger partial charge in [-0.1, -0.05) is 30.3 Å². The Hall–Kier alpha value is -2.94. The number of nitrogens with zero attached hydrogens (tertiary/aromatic N) is 2. The number of rotatable bonds is 1. The molecule has 0 aliphatic carbocycles. The van der Waals surface area contributed by atoms with Crippen LogP contribution in [0, 0.1) is 0 Å². The van der Waals surface area contributed by atoms with Crippen molar-refractivity contribution in [2.45, 2.75) is 0 Å². The minimum atomic E-state index is 0.740. The van der Waals surface area contributed by atoms with Crippen LogP contribution in [0.25, 0.3) is 27.8 Å². The average molecular weight is 272 g/mol. The molecule has 0 spiro atoms. The van der Waals surface area contributed by atoms with Gasteiger partial charge in [0.1, 0.15) is 11.0 Å². The molecule has 0 saturated carbocycles. The van der Waals surface area contributed by atoms with E-state index in [4.69, 9.17) is 10.7 Å². The third-order valence-corrected chi connectivity index (χ3v) is 3.62. The van der Waals surface area contributed by atoms with E-state index in [2.05, 4.69) is 22.8 Å². The zero-order valence-corrected chi connectivity index (χ0v) is 11.4. The van der Waals surface area contributed by atoms with Gasteiger partial charge < -0.3 is 5.73 Å². The Morgan fingerprint density at radius 2 is 1.43 bits per heavy atom. The molecule has 0 saturated heterocycles. The topological polar surface area (TPSA) is 42.8 Å². The number of nitrogens with two attached hydrogens (primary N) is 1. The Labute approximate surface area is 122 Å². The van der Waals surface area contributed by atoms with Gasteiger partial charge >= 0.3 is 0 Å². The molecule has 0 atom stereocenters. The first-order valence-corrected chi connectivity index (χ1v) is 6.88. The molecule has 1 aromatic heterocycles. The van der Waals surface area contributed by atoms with Crippen molar-refractivity contribution in [3.05, 3.63) is 72.8 Å². The van der Waals surface area contributed by atoms with Crippen molar-refractivity contribution in [2.24, 2.45) is 0 Å². The second-order valence-corrected chi connectivity index (χ2v) is 5.02. The van der Waals surface area contributed by atoms with Crippen molar-refractivity contribution in [3.63, 3.8) is 0 Å². The maximum Gasteiger partial charge on any atom is 0.239 e. The van der Waals surface area contributed by atoms with Crippen LogP contribution in [0.4, 0.5) is 5.69 Å². The summed E-state index contributed by atoms with van der Waals surface area (Å²) in [5, 5.41) is 0. The van der Waals surface area contributed by atoms with Gasteiger partial charge in [-0.25, -0.2) is 4.98 Å². The highest BCUT2D eigenvalue weighted by Gasteiger charge is 2.18. The monoisotopic (exact) mass is 272 g/mol. The predicted octanol–water partition coefficient (Wildman–Crippen LogP) is 3.25. The second kappa shape index (κ2) is 4.56. The molecule has 4 aromatic rings. The standard InChI is InChI=1S/C18H13N3/c19-13-10-11-16-18(12-13)21(14-6-2-1-3-7-14)17-9-5-4-8-15(17)20-16/h1-12,19H/p+1. The van der Waals surface area contributed by atoms with Crippen LogP contribution in [0.15, 0.2) is 72.8 Å². The second-order valence-electron chi connectivity index (χ2n) is 5.02. The summed E-state index contributed by atoms with van der Waals surface area (Å²) < 4.78 is 2.20. The van der Waals surface area contributed by atoms with E-state index in [1.807, 2.05) is 54.6 Å². The first-order valence-electron chi connectivity index (χ1n) is 6.88. The molecule has 3 nitrogen and oxygen atoms in total. The molecule has 100 valence electrons. The van der Waals surface area contributed by atoms with Crippen LogP contribution in [-0.2, 0) is 0 Å². The van der Waals surface area contributed by atoms with Crippen LogP contribution in [0.1, 0.15) is 0 Å². The van der Waals surface area contributed by atoms with Gasteiger partial charge in [-0.15, -0.1) is 4.57 Å². The summed E-state index contributed by atoms with van der Waals surface area (Å²) in [6.07, 6.45) is 0. The Bertz CT molecular complexity index is 946. The molecule has 0 bridgehead atoms. The molecular formula is C18H14N3+. The summed E-state index contributed by atoms with van der Waals surface area (Å²) in [5.74, 6) is 0. The summed E-state index contributed by atoms with van der Waals surface area (Å²) in [7, 11) is 0. The van der Waals surface area contributed by atoms with Crippen LogP contribution in [-0.4, -0.2) is 4.98 Å². The molecule has 3 aromatic carbocycles. The Morgan fingerprint density at radius 1 is 0.714 bits per heavy atom. The summed E-state index contributed by atoms with van der Waals surface area (Å²) in [4.78, 5) is 4.73. The number of benzene rings is 3. The van der Waals surface area contributed by atoms with E-state index < -0.39 is 0 Å². The highest BCUT2D eigenvalue weighted by atomic mass is 15.0. The number of nitrogen functional groups attached to an aromatic ring is 1. The van der Waals surface area contributed by atoms with Crippen LogP contribution in [0.2, 0.25) is 0 Å². The molecule has 0 fully saturated rings. The summed E-state index contributed by atoms with van der Waals surface area (Å²) >= 11 is 0. The fraction of sp³-hybridized carbons (Fsp3) is 0. The van der Waals surface area contributed by atoms with Gasteiger partial charge in [0, 0.05) is 30.0 Å².